The molecule has 0 radical (unpaired) electrons. The van der Waals surface area contributed by atoms with Gasteiger partial charge in [-0.25, -0.2) is 0 Å². The Labute approximate surface area is 187 Å². The first-order valence-electron chi connectivity index (χ1n) is 9.43. The van der Waals surface area contributed by atoms with Crippen molar-refractivity contribution in [3.63, 3.8) is 0 Å². The zero-order valence-corrected chi connectivity index (χ0v) is 19.1. The van der Waals surface area contributed by atoms with Crippen molar-refractivity contribution in [2.75, 3.05) is 7.11 Å². The van der Waals surface area contributed by atoms with Gasteiger partial charge in [0.05, 0.1) is 13.3 Å². The maximum absolute atomic E-state index is 10.5. The van der Waals surface area contributed by atoms with Gasteiger partial charge >= 0.3 is 0 Å². The highest BCUT2D eigenvalue weighted by Gasteiger charge is 2.31. The topological polar surface area (TPSA) is 53.5 Å². The van der Waals surface area contributed by atoms with E-state index in [4.69, 9.17) is 4.74 Å². The molecular weight excluding hydrogens is 496 g/mol. The van der Waals surface area contributed by atoms with E-state index in [1.165, 1.54) is 0 Å². The molecule has 3 aromatic rings. The Morgan fingerprint density at radius 2 is 1.59 bits per heavy atom. The second-order valence-electron chi connectivity index (χ2n) is 7.14. The van der Waals surface area contributed by atoms with Gasteiger partial charge in [0.15, 0.2) is 0 Å². The molecule has 0 aromatic heterocycles. The lowest BCUT2D eigenvalue weighted by Crippen LogP contribution is -2.45. The minimum atomic E-state index is -0.0589. The predicted molar refractivity (Wildman–Crippen MR) is 122 cm³/mol. The van der Waals surface area contributed by atoms with E-state index >= 15 is 0 Å². The molecule has 0 spiro atoms. The Morgan fingerprint density at radius 1 is 0.862 bits per heavy atom. The molecule has 0 unspecified atom stereocenters. The molecule has 4 rings (SSSR count). The normalized spacial score (nSPS) is 21.7. The van der Waals surface area contributed by atoms with E-state index in [9.17, 15) is 5.11 Å². The van der Waals surface area contributed by atoms with E-state index in [0.717, 1.165) is 37.8 Å². The molecule has 1 aliphatic heterocycles. The van der Waals surface area contributed by atoms with Crippen LogP contribution in [-0.2, 0) is 0 Å². The van der Waals surface area contributed by atoms with Crippen LogP contribution in [0.2, 0.25) is 0 Å². The quantitative estimate of drug-likeness (QED) is 0.398. The van der Waals surface area contributed by atoms with Crippen molar-refractivity contribution in [1.82, 2.24) is 10.6 Å². The minimum Gasteiger partial charge on any atom is -0.508 e. The third kappa shape index (κ3) is 4.67. The summed E-state index contributed by atoms with van der Waals surface area (Å²) in [5, 5.41) is 17.9. The Balaban J connectivity index is 1.71. The zero-order chi connectivity index (χ0) is 20.4. The standard InChI is InChI=1S/C23H22Br2N2O2/c1-29-18-4-2-3-15(11-18)20-13-21(19-12-17(25)9-10-22(19)28)27-23(26-20)14-5-7-16(24)8-6-14/h2-12,20-21,23,26-28H,13H2,1H3/t20-,21+,23+/m0/s1. The van der Waals surface area contributed by atoms with Gasteiger partial charge in [0.1, 0.15) is 11.5 Å². The molecule has 3 N–H and O–H groups in total. The number of ether oxygens (including phenoxy) is 1. The van der Waals surface area contributed by atoms with Gasteiger partial charge in [-0.2, -0.15) is 0 Å². The second-order valence-corrected chi connectivity index (χ2v) is 8.97. The first kappa shape index (κ1) is 20.4. The van der Waals surface area contributed by atoms with Crippen LogP contribution in [0.25, 0.3) is 0 Å². The number of halogens is 2. The van der Waals surface area contributed by atoms with Crippen LogP contribution in [0, 0.1) is 0 Å². The molecule has 0 bridgehead atoms. The zero-order valence-electron chi connectivity index (χ0n) is 15.9. The average molecular weight is 518 g/mol. The number of hydrogen-bond acceptors (Lipinski definition) is 4. The van der Waals surface area contributed by atoms with Gasteiger partial charge in [0.25, 0.3) is 0 Å². The lowest BCUT2D eigenvalue weighted by Gasteiger charge is -2.38. The highest BCUT2D eigenvalue weighted by atomic mass is 79.9. The van der Waals surface area contributed by atoms with Crippen LogP contribution in [0.15, 0.2) is 75.7 Å². The minimum absolute atomic E-state index is 0.0152. The van der Waals surface area contributed by atoms with Gasteiger partial charge in [-0.3, -0.25) is 10.6 Å². The van der Waals surface area contributed by atoms with Crippen molar-refractivity contribution < 1.29 is 9.84 Å². The van der Waals surface area contributed by atoms with Crippen molar-refractivity contribution in [3.8, 4) is 11.5 Å². The molecule has 0 amide bonds. The second kappa shape index (κ2) is 8.88. The molecule has 1 fully saturated rings. The lowest BCUT2D eigenvalue weighted by molar-refractivity contribution is 0.244. The van der Waals surface area contributed by atoms with E-state index in [0.29, 0.717) is 5.75 Å². The van der Waals surface area contributed by atoms with E-state index in [2.05, 4.69) is 66.8 Å². The van der Waals surface area contributed by atoms with Crippen molar-refractivity contribution in [1.29, 1.82) is 0 Å². The number of benzene rings is 3. The maximum Gasteiger partial charge on any atom is 0.120 e. The van der Waals surface area contributed by atoms with E-state index in [-0.39, 0.29) is 18.2 Å². The van der Waals surface area contributed by atoms with Crippen molar-refractivity contribution in [2.24, 2.45) is 0 Å². The number of rotatable bonds is 4. The summed E-state index contributed by atoms with van der Waals surface area (Å²) in [5.41, 5.74) is 3.18. The summed E-state index contributed by atoms with van der Waals surface area (Å²) in [4.78, 5) is 0. The van der Waals surface area contributed by atoms with Crippen molar-refractivity contribution in [3.05, 3.63) is 92.4 Å². The molecule has 3 atom stereocenters. The van der Waals surface area contributed by atoms with Crippen LogP contribution in [0.1, 0.15) is 41.4 Å². The number of methoxy groups -OCH3 is 1. The largest absolute Gasteiger partial charge is 0.508 e. The first-order chi connectivity index (χ1) is 14.0. The first-order valence-corrected chi connectivity index (χ1v) is 11.0. The summed E-state index contributed by atoms with van der Waals surface area (Å²) in [6.45, 7) is 0. The summed E-state index contributed by atoms with van der Waals surface area (Å²) in [7, 11) is 1.68. The van der Waals surface area contributed by atoms with Crippen molar-refractivity contribution >= 4 is 31.9 Å². The SMILES string of the molecule is COc1cccc([C@@H]2C[C@H](c3cc(Br)ccc3O)N[C@H](c3ccc(Br)cc3)N2)c1. The number of phenolic OH excluding ortho intramolecular Hbond substituents is 1. The molecule has 1 aliphatic rings. The summed E-state index contributed by atoms with van der Waals surface area (Å²) < 4.78 is 7.41. The Hall–Kier alpha value is -1.86. The Bertz CT molecular complexity index is 994. The van der Waals surface area contributed by atoms with Crippen LogP contribution >= 0.6 is 31.9 Å². The number of hydrogen-bond donors (Lipinski definition) is 3. The third-order valence-electron chi connectivity index (χ3n) is 5.27. The summed E-state index contributed by atoms with van der Waals surface area (Å²) >= 11 is 7.04. The predicted octanol–water partition coefficient (Wildman–Crippen LogP) is 5.99. The number of phenols is 1. The molecule has 29 heavy (non-hydrogen) atoms. The summed E-state index contributed by atoms with van der Waals surface area (Å²) in [5.74, 6) is 1.14. The van der Waals surface area contributed by atoms with Gasteiger partial charge in [-0.1, -0.05) is 56.1 Å². The van der Waals surface area contributed by atoms with Crippen LogP contribution in [0.5, 0.6) is 11.5 Å². The fourth-order valence-electron chi connectivity index (χ4n) is 3.78. The summed E-state index contributed by atoms with van der Waals surface area (Å²) in [6.07, 6.45) is 0.737. The third-order valence-corrected chi connectivity index (χ3v) is 6.29. The van der Waals surface area contributed by atoms with Crippen molar-refractivity contribution in [2.45, 2.75) is 24.7 Å². The Kier molecular flexibility index (Phi) is 6.25. The molecule has 150 valence electrons. The Morgan fingerprint density at radius 3 is 2.34 bits per heavy atom. The smallest absolute Gasteiger partial charge is 0.120 e. The molecule has 0 aliphatic carbocycles. The molecule has 4 nitrogen and oxygen atoms in total. The molecular formula is C23H22Br2N2O2. The summed E-state index contributed by atoms with van der Waals surface area (Å²) in [6, 6.07) is 22.1. The van der Waals surface area contributed by atoms with Gasteiger partial charge in [-0.15, -0.1) is 0 Å². The van der Waals surface area contributed by atoms with Gasteiger partial charge in [0, 0.05) is 26.6 Å². The van der Waals surface area contributed by atoms with Crippen LogP contribution < -0.4 is 15.4 Å². The van der Waals surface area contributed by atoms with Crippen LogP contribution in [-0.4, -0.2) is 12.2 Å². The van der Waals surface area contributed by atoms with Gasteiger partial charge in [0.2, 0.25) is 0 Å². The highest BCUT2D eigenvalue weighted by molar-refractivity contribution is 9.10. The fraction of sp³-hybridized carbons (Fsp3) is 0.217. The van der Waals surface area contributed by atoms with E-state index < -0.39 is 0 Å². The van der Waals surface area contributed by atoms with Gasteiger partial charge < -0.3 is 9.84 Å². The molecule has 1 saturated heterocycles. The van der Waals surface area contributed by atoms with E-state index in [1.54, 1.807) is 13.2 Å². The van der Waals surface area contributed by atoms with E-state index in [1.807, 2.05) is 36.4 Å². The monoisotopic (exact) mass is 516 g/mol. The molecule has 3 aromatic carbocycles. The molecule has 6 heteroatoms. The van der Waals surface area contributed by atoms with Crippen LogP contribution in [0.4, 0.5) is 0 Å². The molecule has 0 saturated carbocycles. The fourth-order valence-corrected chi connectivity index (χ4v) is 4.42. The van der Waals surface area contributed by atoms with Gasteiger partial charge in [-0.05, 0) is 60.0 Å². The van der Waals surface area contributed by atoms with Crippen LogP contribution in [0.3, 0.4) is 0 Å². The lowest BCUT2D eigenvalue weighted by atomic mass is 9.90. The number of nitrogens with one attached hydrogen (secondary N) is 2. The maximum atomic E-state index is 10.5. The average Bonchev–Trinajstić information content (AvgIpc) is 2.75. The number of aromatic hydroxyl groups is 1. The highest BCUT2D eigenvalue weighted by Crippen LogP contribution is 2.39. The molecule has 1 heterocycles.